The first kappa shape index (κ1) is 21.5. The van der Waals surface area contributed by atoms with E-state index in [4.69, 9.17) is 4.74 Å². The van der Waals surface area contributed by atoms with Gasteiger partial charge in [-0.25, -0.2) is 9.97 Å². The van der Waals surface area contributed by atoms with Gasteiger partial charge < -0.3 is 14.5 Å². The third kappa shape index (κ3) is 4.86. The van der Waals surface area contributed by atoms with Crippen LogP contribution in [0.3, 0.4) is 0 Å². The van der Waals surface area contributed by atoms with Crippen molar-refractivity contribution in [2.75, 3.05) is 38.2 Å². The Morgan fingerprint density at radius 3 is 2.69 bits per heavy atom. The maximum Gasteiger partial charge on any atom is 0.309 e. The number of thiophene rings is 1. The van der Waals surface area contributed by atoms with Crippen molar-refractivity contribution in [2.45, 2.75) is 46.5 Å². The van der Waals surface area contributed by atoms with Crippen molar-refractivity contribution in [3.05, 3.63) is 16.8 Å². The number of unbranched alkanes of at least 4 members (excludes halogenated alkanes) is 1. The number of likely N-dealkylation sites (N-methyl/N-ethyl adjacent to an activating group) is 1. The number of carbonyl (C=O) groups is 2. The van der Waals surface area contributed by atoms with Crippen molar-refractivity contribution in [3.63, 3.8) is 0 Å². The highest BCUT2D eigenvalue weighted by atomic mass is 32.1. The molecule has 8 heteroatoms. The van der Waals surface area contributed by atoms with Gasteiger partial charge in [-0.2, -0.15) is 0 Å². The first-order valence-electron chi connectivity index (χ1n) is 10.3. The molecule has 29 heavy (non-hydrogen) atoms. The third-order valence-corrected chi connectivity index (χ3v) is 6.80. The maximum absolute atomic E-state index is 12.4. The lowest BCUT2D eigenvalue weighted by molar-refractivity contribution is -0.155. The molecule has 1 aliphatic heterocycles. The first-order chi connectivity index (χ1) is 13.9. The number of esters is 1. The number of rotatable bonds is 7. The van der Waals surface area contributed by atoms with Gasteiger partial charge in [-0.15, -0.1) is 11.3 Å². The molecule has 1 fully saturated rings. The smallest absolute Gasteiger partial charge is 0.309 e. The fourth-order valence-electron chi connectivity index (χ4n) is 3.61. The average molecular weight is 419 g/mol. The number of amides is 1. The number of piperidine rings is 1. The van der Waals surface area contributed by atoms with Gasteiger partial charge in [0, 0.05) is 31.6 Å². The molecule has 7 nitrogen and oxygen atoms in total. The summed E-state index contributed by atoms with van der Waals surface area (Å²) in [5, 5.41) is 1.12. The SMILES string of the molecule is CCCCN(C)C(=O)COC(=O)C1CCN(c2ncnc3sc(C)c(C)c23)CC1. The van der Waals surface area contributed by atoms with Crippen LogP contribution in [-0.4, -0.2) is 60.0 Å². The van der Waals surface area contributed by atoms with Crippen molar-refractivity contribution in [1.82, 2.24) is 14.9 Å². The number of aryl methyl sites for hydroxylation is 2. The van der Waals surface area contributed by atoms with Gasteiger partial charge in [0.2, 0.25) is 0 Å². The normalized spacial score (nSPS) is 15.0. The Labute approximate surface area is 176 Å². The van der Waals surface area contributed by atoms with Crippen LogP contribution in [0.25, 0.3) is 10.2 Å². The van der Waals surface area contributed by atoms with Gasteiger partial charge in [0.25, 0.3) is 5.91 Å². The lowest BCUT2D eigenvalue weighted by Crippen LogP contribution is -2.38. The van der Waals surface area contributed by atoms with Crippen LogP contribution in [0.5, 0.6) is 0 Å². The second-order valence-electron chi connectivity index (χ2n) is 7.70. The van der Waals surface area contributed by atoms with Gasteiger partial charge in [0.1, 0.15) is 17.0 Å². The van der Waals surface area contributed by atoms with Gasteiger partial charge in [-0.3, -0.25) is 9.59 Å². The predicted octanol–water partition coefficient (Wildman–Crippen LogP) is 3.33. The van der Waals surface area contributed by atoms with Crippen molar-refractivity contribution in [3.8, 4) is 0 Å². The van der Waals surface area contributed by atoms with Gasteiger partial charge in [0.15, 0.2) is 6.61 Å². The number of aromatic nitrogens is 2. The molecular weight excluding hydrogens is 388 g/mol. The van der Waals surface area contributed by atoms with E-state index >= 15 is 0 Å². The van der Waals surface area contributed by atoms with Crippen LogP contribution in [-0.2, 0) is 14.3 Å². The minimum absolute atomic E-state index is 0.143. The van der Waals surface area contributed by atoms with Crippen molar-refractivity contribution >= 4 is 39.2 Å². The van der Waals surface area contributed by atoms with E-state index < -0.39 is 0 Å². The molecule has 0 radical (unpaired) electrons. The molecule has 0 saturated carbocycles. The number of fused-ring (bicyclic) bond motifs is 1. The number of anilines is 1. The molecule has 0 unspecified atom stereocenters. The minimum atomic E-state index is -0.266. The zero-order valence-corrected chi connectivity index (χ0v) is 18.5. The Morgan fingerprint density at radius 1 is 1.28 bits per heavy atom. The molecule has 0 atom stereocenters. The number of hydrogen-bond donors (Lipinski definition) is 0. The van der Waals surface area contributed by atoms with E-state index in [1.165, 1.54) is 10.4 Å². The summed E-state index contributed by atoms with van der Waals surface area (Å²) in [5.41, 5.74) is 1.23. The van der Waals surface area contributed by atoms with Gasteiger partial charge in [-0.1, -0.05) is 13.3 Å². The molecule has 0 bridgehead atoms. The van der Waals surface area contributed by atoms with Crippen LogP contribution in [0.15, 0.2) is 6.33 Å². The zero-order chi connectivity index (χ0) is 21.0. The van der Waals surface area contributed by atoms with Gasteiger partial charge in [-0.05, 0) is 38.7 Å². The predicted molar refractivity (Wildman–Crippen MR) is 115 cm³/mol. The summed E-state index contributed by atoms with van der Waals surface area (Å²) in [5.74, 6) is 0.382. The van der Waals surface area contributed by atoms with Crippen LogP contribution in [0.1, 0.15) is 43.0 Å². The topological polar surface area (TPSA) is 75.6 Å². The lowest BCUT2D eigenvalue weighted by atomic mass is 9.97. The summed E-state index contributed by atoms with van der Waals surface area (Å²) < 4.78 is 5.31. The first-order valence-corrected chi connectivity index (χ1v) is 11.1. The van der Waals surface area contributed by atoms with Gasteiger partial charge >= 0.3 is 5.97 Å². The summed E-state index contributed by atoms with van der Waals surface area (Å²) >= 11 is 1.69. The molecule has 0 N–H and O–H groups in total. The second kappa shape index (κ2) is 9.52. The monoisotopic (exact) mass is 418 g/mol. The van der Waals surface area contributed by atoms with Crippen LogP contribution in [0.2, 0.25) is 0 Å². The summed E-state index contributed by atoms with van der Waals surface area (Å²) in [6.45, 7) is 8.31. The van der Waals surface area contributed by atoms with E-state index in [0.29, 0.717) is 19.4 Å². The minimum Gasteiger partial charge on any atom is -0.455 e. The quantitative estimate of drug-likeness (QED) is 0.642. The molecule has 0 spiro atoms. The fraction of sp³-hybridized carbons (Fsp3) is 0.619. The molecule has 1 amide bonds. The summed E-state index contributed by atoms with van der Waals surface area (Å²) in [6.07, 6.45) is 5.00. The standard InChI is InChI=1S/C21H30N4O3S/c1-5-6-9-24(4)17(26)12-28-21(27)16-7-10-25(11-8-16)19-18-14(2)15(3)29-20(18)23-13-22-19/h13,16H,5-12H2,1-4H3. The molecule has 158 valence electrons. The molecule has 2 aromatic heterocycles. The number of nitrogens with zero attached hydrogens (tertiary/aromatic N) is 4. The zero-order valence-electron chi connectivity index (χ0n) is 17.7. The summed E-state index contributed by atoms with van der Waals surface area (Å²) in [4.78, 5) is 39.5. The largest absolute Gasteiger partial charge is 0.455 e. The number of carbonyl (C=O) groups excluding carboxylic acids is 2. The van der Waals surface area contributed by atoms with Gasteiger partial charge in [0.05, 0.1) is 11.3 Å². The van der Waals surface area contributed by atoms with Crippen molar-refractivity contribution < 1.29 is 14.3 Å². The maximum atomic E-state index is 12.4. The van der Waals surface area contributed by atoms with E-state index in [1.54, 1.807) is 29.6 Å². The highest BCUT2D eigenvalue weighted by Crippen LogP contribution is 2.35. The van der Waals surface area contributed by atoms with E-state index in [9.17, 15) is 9.59 Å². The fourth-order valence-corrected chi connectivity index (χ4v) is 4.60. The Morgan fingerprint density at radius 2 is 2.00 bits per heavy atom. The van der Waals surface area contributed by atoms with E-state index in [1.807, 2.05) is 0 Å². The molecule has 1 aliphatic rings. The van der Waals surface area contributed by atoms with Crippen LogP contribution < -0.4 is 4.90 Å². The van der Waals surface area contributed by atoms with E-state index in [-0.39, 0.29) is 24.4 Å². The third-order valence-electron chi connectivity index (χ3n) is 5.68. The van der Waals surface area contributed by atoms with Crippen LogP contribution in [0.4, 0.5) is 5.82 Å². The average Bonchev–Trinajstić information content (AvgIpc) is 3.03. The Kier molecular flexibility index (Phi) is 7.05. The molecule has 2 aromatic rings. The van der Waals surface area contributed by atoms with E-state index in [0.717, 1.165) is 42.0 Å². The van der Waals surface area contributed by atoms with E-state index in [2.05, 4.69) is 35.6 Å². The Balaban J connectivity index is 1.54. The molecular formula is C21H30N4O3S. The molecule has 0 aliphatic carbocycles. The second-order valence-corrected chi connectivity index (χ2v) is 8.90. The summed E-state index contributed by atoms with van der Waals surface area (Å²) in [7, 11) is 1.75. The molecule has 3 heterocycles. The molecule has 1 saturated heterocycles. The molecule has 3 rings (SSSR count). The number of ether oxygens (including phenoxy) is 1. The van der Waals surface area contributed by atoms with Crippen LogP contribution in [0, 0.1) is 19.8 Å². The highest BCUT2D eigenvalue weighted by Gasteiger charge is 2.29. The Bertz CT molecular complexity index is 874. The number of hydrogen-bond acceptors (Lipinski definition) is 7. The molecule has 0 aromatic carbocycles. The van der Waals surface area contributed by atoms with Crippen molar-refractivity contribution in [2.24, 2.45) is 5.92 Å². The highest BCUT2D eigenvalue weighted by molar-refractivity contribution is 7.18. The van der Waals surface area contributed by atoms with Crippen LogP contribution >= 0.6 is 11.3 Å². The summed E-state index contributed by atoms with van der Waals surface area (Å²) in [6, 6.07) is 0. The lowest BCUT2D eigenvalue weighted by Gasteiger charge is -2.32. The van der Waals surface area contributed by atoms with Crippen molar-refractivity contribution in [1.29, 1.82) is 0 Å². The Hall–Kier alpha value is -2.22.